The highest BCUT2D eigenvalue weighted by Gasteiger charge is 2.20. The summed E-state index contributed by atoms with van der Waals surface area (Å²) in [4.78, 5) is 12.8. The Hall–Kier alpha value is -3.32. The van der Waals surface area contributed by atoms with Crippen molar-refractivity contribution in [3.63, 3.8) is 0 Å². The van der Waals surface area contributed by atoms with Crippen molar-refractivity contribution in [1.29, 1.82) is 0 Å². The van der Waals surface area contributed by atoms with Gasteiger partial charge in [0.1, 0.15) is 5.75 Å². The maximum absolute atomic E-state index is 13.1. The Kier molecular flexibility index (Phi) is 7.20. The van der Waals surface area contributed by atoms with Crippen molar-refractivity contribution in [3.8, 4) is 5.75 Å². The van der Waals surface area contributed by atoms with Crippen LogP contribution in [-0.4, -0.2) is 20.9 Å². The summed E-state index contributed by atoms with van der Waals surface area (Å²) in [6.07, 6.45) is 0. The van der Waals surface area contributed by atoms with Gasteiger partial charge in [-0.3, -0.25) is 9.52 Å². The molecule has 0 spiro atoms. The third-order valence-electron chi connectivity index (χ3n) is 5.08. The second kappa shape index (κ2) is 9.87. The van der Waals surface area contributed by atoms with Gasteiger partial charge >= 0.3 is 0 Å². The number of amides is 1. The van der Waals surface area contributed by atoms with Gasteiger partial charge in [-0.2, -0.15) is 0 Å². The van der Waals surface area contributed by atoms with Crippen molar-refractivity contribution in [2.45, 2.75) is 39.1 Å². The van der Waals surface area contributed by atoms with E-state index in [1.165, 1.54) is 6.07 Å². The first-order valence-corrected chi connectivity index (χ1v) is 11.9. The number of benzene rings is 3. The highest BCUT2D eigenvalue weighted by atomic mass is 32.2. The molecule has 168 valence electrons. The number of anilines is 1. The van der Waals surface area contributed by atoms with E-state index < -0.39 is 10.0 Å². The molecular weight excluding hydrogens is 424 g/mol. The number of carbonyl (C=O) groups excluding carboxylic acids is 1. The number of rotatable bonds is 8. The molecule has 0 aliphatic rings. The zero-order valence-electron chi connectivity index (χ0n) is 18.7. The van der Waals surface area contributed by atoms with Gasteiger partial charge in [-0.15, -0.1) is 0 Å². The average molecular weight is 453 g/mol. The number of nitrogens with one attached hydrogen (secondary N) is 2. The molecule has 0 heterocycles. The standard InChI is InChI=1S/C25H28N2O4S/c1-5-31-23-9-7-6-8-21(23)16-26-25(28)20-12-11-18(3)24(15-20)32(29,30)27-22-13-10-17(2)14-19(22)4/h6-15,27H,5,16H2,1-4H3,(H,26,28). The first-order valence-electron chi connectivity index (χ1n) is 10.4. The third-order valence-corrected chi connectivity index (χ3v) is 6.59. The van der Waals surface area contributed by atoms with Crippen molar-refractivity contribution in [2.24, 2.45) is 0 Å². The van der Waals surface area contributed by atoms with Gasteiger partial charge < -0.3 is 10.1 Å². The topological polar surface area (TPSA) is 84.5 Å². The van der Waals surface area contributed by atoms with Gasteiger partial charge in [0, 0.05) is 17.7 Å². The summed E-state index contributed by atoms with van der Waals surface area (Å²) < 4.78 is 34.4. The van der Waals surface area contributed by atoms with Crippen LogP contribution in [0.2, 0.25) is 0 Å². The molecule has 32 heavy (non-hydrogen) atoms. The van der Waals surface area contributed by atoms with Crippen molar-refractivity contribution in [1.82, 2.24) is 5.32 Å². The fraction of sp³-hybridized carbons (Fsp3) is 0.240. The van der Waals surface area contributed by atoms with Crippen LogP contribution in [0.1, 0.15) is 39.5 Å². The van der Waals surface area contributed by atoms with Crippen LogP contribution in [0.15, 0.2) is 65.6 Å². The van der Waals surface area contributed by atoms with Crippen molar-refractivity contribution < 1.29 is 17.9 Å². The molecule has 0 radical (unpaired) electrons. The molecular formula is C25H28N2O4S. The summed E-state index contributed by atoms with van der Waals surface area (Å²) in [6.45, 7) is 8.20. The highest BCUT2D eigenvalue weighted by molar-refractivity contribution is 7.92. The normalized spacial score (nSPS) is 11.1. The van der Waals surface area contributed by atoms with E-state index in [1.807, 2.05) is 57.2 Å². The maximum atomic E-state index is 13.1. The Balaban J connectivity index is 1.81. The number of ether oxygens (including phenoxy) is 1. The van der Waals surface area contributed by atoms with Gasteiger partial charge in [0.25, 0.3) is 15.9 Å². The molecule has 3 rings (SSSR count). The minimum absolute atomic E-state index is 0.0693. The fourth-order valence-electron chi connectivity index (χ4n) is 3.38. The molecule has 3 aromatic rings. The smallest absolute Gasteiger partial charge is 0.262 e. The average Bonchev–Trinajstić information content (AvgIpc) is 2.75. The molecule has 3 aromatic carbocycles. The summed E-state index contributed by atoms with van der Waals surface area (Å²) in [5, 5.41) is 2.84. The summed E-state index contributed by atoms with van der Waals surface area (Å²) >= 11 is 0. The minimum atomic E-state index is -3.87. The van der Waals surface area contributed by atoms with Gasteiger partial charge in [-0.05, 0) is 63.1 Å². The van der Waals surface area contributed by atoms with Gasteiger partial charge in [-0.25, -0.2) is 8.42 Å². The lowest BCUT2D eigenvalue weighted by atomic mass is 10.1. The maximum Gasteiger partial charge on any atom is 0.262 e. The van der Waals surface area contributed by atoms with E-state index in [0.717, 1.165) is 16.7 Å². The lowest BCUT2D eigenvalue weighted by Gasteiger charge is -2.14. The summed E-state index contributed by atoms with van der Waals surface area (Å²) in [7, 11) is -3.87. The highest BCUT2D eigenvalue weighted by Crippen LogP contribution is 2.24. The summed E-state index contributed by atoms with van der Waals surface area (Å²) in [5.74, 6) is 0.347. The largest absolute Gasteiger partial charge is 0.494 e. The Bertz CT molecular complexity index is 1240. The van der Waals surface area contributed by atoms with Crippen LogP contribution >= 0.6 is 0 Å². The van der Waals surface area contributed by atoms with E-state index >= 15 is 0 Å². The predicted molar refractivity (Wildman–Crippen MR) is 127 cm³/mol. The molecule has 0 aromatic heterocycles. The second-order valence-electron chi connectivity index (χ2n) is 7.63. The molecule has 1 amide bonds. The molecule has 0 saturated heterocycles. The molecule has 0 fully saturated rings. The van der Waals surface area contributed by atoms with Crippen LogP contribution in [0.4, 0.5) is 5.69 Å². The van der Waals surface area contributed by atoms with Crippen LogP contribution < -0.4 is 14.8 Å². The zero-order chi connectivity index (χ0) is 23.3. The van der Waals surface area contributed by atoms with E-state index in [2.05, 4.69) is 10.0 Å². The minimum Gasteiger partial charge on any atom is -0.494 e. The zero-order valence-corrected chi connectivity index (χ0v) is 19.5. The van der Waals surface area contributed by atoms with Crippen LogP contribution in [0, 0.1) is 20.8 Å². The first-order chi connectivity index (χ1) is 15.2. The number of sulfonamides is 1. The lowest BCUT2D eigenvalue weighted by Crippen LogP contribution is -2.24. The SMILES string of the molecule is CCOc1ccccc1CNC(=O)c1ccc(C)c(S(=O)(=O)Nc2ccc(C)cc2C)c1. The Labute approximate surface area is 189 Å². The molecule has 2 N–H and O–H groups in total. The Morgan fingerprint density at radius 1 is 0.938 bits per heavy atom. The van der Waals surface area contributed by atoms with Gasteiger partial charge in [0.2, 0.25) is 0 Å². The number of carbonyl (C=O) groups is 1. The van der Waals surface area contributed by atoms with Crippen LogP contribution in [-0.2, 0) is 16.6 Å². The predicted octanol–water partition coefficient (Wildman–Crippen LogP) is 4.74. The number of para-hydroxylation sites is 1. The molecule has 7 heteroatoms. The Morgan fingerprint density at radius 2 is 1.69 bits per heavy atom. The fourth-order valence-corrected chi connectivity index (χ4v) is 4.78. The molecule has 0 saturated carbocycles. The number of hydrogen-bond acceptors (Lipinski definition) is 4. The van der Waals surface area contributed by atoms with Crippen molar-refractivity contribution in [2.75, 3.05) is 11.3 Å². The van der Waals surface area contributed by atoms with Crippen LogP contribution in [0.5, 0.6) is 5.75 Å². The molecule has 0 bridgehead atoms. The Morgan fingerprint density at radius 3 is 2.41 bits per heavy atom. The van der Waals surface area contributed by atoms with E-state index in [-0.39, 0.29) is 22.9 Å². The molecule has 0 atom stereocenters. The summed E-state index contributed by atoms with van der Waals surface area (Å²) in [5.41, 5.74) is 4.06. The van der Waals surface area contributed by atoms with Crippen molar-refractivity contribution >= 4 is 21.6 Å². The van der Waals surface area contributed by atoms with Gasteiger partial charge in [0.05, 0.1) is 17.2 Å². The van der Waals surface area contributed by atoms with E-state index in [9.17, 15) is 13.2 Å². The van der Waals surface area contributed by atoms with Gasteiger partial charge in [-0.1, -0.05) is 42.0 Å². The molecule has 0 aliphatic carbocycles. The van der Waals surface area contributed by atoms with Gasteiger partial charge in [0.15, 0.2) is 0 Å². The number of aryl methyl sites for hydroxylation is 3. The van der Waals surface area contributed by atoms with E-state index in [1.54, 1.807) is 25.1 Å². The molecule has 6 nitrogen and oxygen atoms in total. The third kappa shape index (κ3) is 5.48. The monoisotopic (exact) mass is 452 g/mol. The number of hydrogen-bond donors (Lipinski definition) is 2. The molecule has 0 unspecified atom stereocenters. The molecule has 0 aliphatic heterocycles. The second-order valence-corrected chi connectivity index (χ2v) is 9.28. The quantitative estimate of drug-likeness (QED) is 0.517. The van der Waals surface area contributed by atoms with E-state index in [0.29, 0.717) is 23.6 Å². The first kappa shape index (κ1) is 23.3. The van der Waals surface area contributed by atoms with E-state index in [4.69, 9.17) is 4.74 Å². The summed E-state index contributed by atoms with van der Waals surface area (Å²) in [6, 6.07) is 17.6. The van der Waals surface area contributed by atoms with Crippen molar-refractivity contribution in [3.05, 3.63) is 88.5 Å². The van der Waals surface area contributed by atoms with Crippen LogP contribution in [0.3, 0.4) is 0 Å². The van der Waals surface area contributed by atoms with Crippen LogP contribution in [0.25, 0.3) is 0 Å². The lowest BCUT2D eigenvalue weighted by molar-refractivity contribution is 0.0950.